The van der Waals surface area contributed by atoms with Crippen LogP contribution < -0.4 is 14.8 Å². The lowest BCUT2D eigenvalue weighted by Gasteiger charge is -2.18. The van der Waals surface area contributed by atoms with E-state index in [4.69, 9.17) is 13.9 Å². The molecule has 162 valence electrons. The fraction of sp³-hybridized carbons (Fsp3) is 0.333. The molecule has 2 heterocycles. The second kappa shape index (κ2) is 9.12. The lowest BCUT2D eigenvalue weighted by Crippen LogP contribution is -2.37. The van der Waals surface area contributed by atoms with E-state index in [1.54, 1.807) is 30.1 Å². The van der Waals surface area contributed by atoms with Crippen LogP contribution in [0, 0.1) is 0 Å². The molecule has 0 unspecified atom stereocenters. The van der Waals surface area contributed by atoms with Crippen LogP contribution in [0.5, 0.6) is 11.5 Å². The zero-order chi connectivity index (χ0) is 21.8. The second-order valence-electron chi connectivity index (χ2n) is 7.60. The number of rotatable bonds is 8. The van der Waals surface area contributed by atoms with Crippen molar-refractivity contribution in [3.05, 3.63) is 59.4 Å². The largest absolute Gasteiger partial charge is 0.461 e. The van der Waals surface area contributed by atoms with Gasteiger partial charge >= 0.3 is 0 Å². The number of carbonyl (C=O) groups is 2. The smallest absolute Gasteiger partial charge is 0.251 e. The number of amides is 2. The van der Waals surface area contributed by atoms with Gasteiger partial charge in [0.05, 0.1) is 6.54 Å². The lowest BCUT2D eigenvalue weighted by atomic mass is 10.1. The van der Waals surface area contributed by atoms with Crippen LogP contribution >= 0.6 is 0 Å². The summed E-state index contributed by atoms with van der Waals surface area (Å²) in [6.45, 7) is 2.62. The molecular weight excluding hydrogens is 396 g/mol. The number of likely N-dealkylation sites (N-methyl/N-ethyl adjacent to an activating group) is 1. The summed E-state index contributed by atoms with van der Waals surface area (Å²) in [5.41, 5.74) is 2.28. The van der Waals surface area contributed by atoms with E-state index in [9.17, 15) is 9.59 Å². The van der Waals surface area contributed by atoms with Crippen molar-refractivity contribution in [3.8, 4) is 11.5 Å². The summed E-state index contributed by atoms with van der Waals surface area (Å²) < 4.78 is 16.6. The van der Waals surface area contributed by atoms with Crippen LogP contribution in [-0.2, 0) is 17.8 Å². The normalized spacial score (nSPS) is 12.2. The predicted molar refractivity (Wildman–Crippen MR) is 116 cm³/mol. The highest BCUT2D eigenvalue weighted by Crippen LogP contribution is 2.32. The lowest BCUT2D eigenvalue weighted by molar-refractivity contribution is -0.129. The van der Waals surface area contributed by atoms with Crippen molar-refractivity contribution < 1.29 is 23.5 Å². The molecule has 0 radical (unpaired) electrons. The number of hydrogen-bond acceptors (Lipinski definition) is 5. The van der Waals surface area contributed by atoms with E-state index in [1.807, 2.05) is 24.3 Å². The van der Waals surface area contributed by atoms with Gasteiger partial charge in [0.2, 0.25) is 12.7 Å². The SMILES string of the molecule is CCCCc1oc2ccccc2c1CN(C)C(=O)CNC(=O)c1ccc2c(c1)OCO2. The molecule has 31 heavy (non-hydrogen) atoms. The molecular formula is C24H26N2O5. The van der Waals surface area contributed by atoms with Gasteiger partial charge in [0, 0.05) is 36.5 Å². The zero-order valence-corrected chi connectivity index (χ0v) is 17.8. The molecule has 1 aromatic heterocycles. The quantitative estimate of drug-likeness (QED) is 0.596. The Morgan fingerprint density at radius 3 is 2.74 bits per heavy atom. The average molecular weight is 422 g/mol. The third-order valence-corrected chi connectivity index (χ3v) is 5.40. The maximum Gasteiger partial charge on any atom is 0.251 e. The number of furan rings is 1. The Morgan fingerprint density at radius 1 is 1.10 bits per heavy atom. The number of unbranched alkanes of at least 4 members (excludes halogenated alkanes) is 1. The van der Waals surface area contributed by atoms with Gasteiger partial charge in [0.25, 0.3) is 5.91 Å². The summed E-state index contributed by atoms with van der Waals surface area (Å²) in [4.78, 5) is 26.7. The van der Waals surface area contributed by atoms with Crippen LogP contribution in [0.4, 0.5) is 0 Å². The number of para-hydroxylation sites is 1. The van der Waals surface area contributed by atoms with Gasteiger partial charge in [-0.15, -0.1) is 0 Å². The van der Waals surface area contributed by atoms with Crippen molar-refractivity contribution in [2.24, 2.45) is 0 Å². The molecule has 7 nitrogen and oxygen atoms in total. The Morgan fingerprint density at radius 2 is 1.90 bits per heavy atom. The minimum absolute atomic E-state index is 0.0934. The maximum atomic E-state index is 12.7. The summed E-state index contributed by atoms with van der Waals surface area (Å²) >= 11 is 0. The summed E-state index contributed by atoms with van der Waals surface area (Å²) in [5, 5.41) is 3.71. The van der Waals surface area contributed by atoms with Crippen molar-refractivity contribution in [3.63, 3.8) is 0 Å². The number of benzene rings is 2. The molecule has 0 aliphatic carbocycles. The fourth-order valence-corrected chi connectivity index (χ4v) is 3.62. The van der Waals surface area contributed by atoms with E-state index in [-0.39, 0.29) is 25.2 Å². The molecule has 1 N–H and O–H groups in total. The van der Waals surface area contributed by atoms with Crippen LogP contribution in [0.3, 0.4) is 0 Å². The standard InChI is InChI=1S/C24H26N2O5/c1-3-4-8-20-18(17-7-5-6-9-19(17)31-20)14-26(2)23(27)13-25-24(28)16-10-11-21-22(12-16)30-15-29-21/h5-7,9-12H,3-4,8,13-15H2,1-2H3,(H,25,28). The van der Waals surface area contributed by atoms with Crippen LogP contribution in [0.2, 0.25) is 0 Å². The van der Waals surface area contributed by atoms with Gasteiger partial charge in [0.15, 0.2) is 11.5 Å². The predicted octanol–water partition coefficient (Wildman–Crippen LogP) is 3.89. The molecule has 2 amide bonds. The molecule has 1 aliphatic heterocycles. The Hall–Kier alpha value is -3.48. The van der Waals surface area contributed by atoms with Crippen molar-refractivity contribution in [2.75, 3.05) is 20.4 Å². The van der Waals surface area contributed by atoms with Crippen LogP contribution in [0.15, 0.2) is 46.9 Å². The summed E-state index contributed by atoms with van der Waals surface area (Å²) in [5.74, 6) is 1.55. The van der Waals surface area contributed by atoms with Crippen molar-refractivity contribution in [1.29, 1.82) is 0 Å². The minimum atomic E-state index is -0.336. The van der Waals surface area contributed by atoms with Gasteiger partial charge in [-0.25, -0.2) is 0 Å². The van der Waals surface area contributed by atoms with Crippen molar-refractivity contribution in [2.45, 2.75) is 32.7 Å². The molecule has 0 atom stereocenters. The molecule has 3 aromatic rings. The third-order valence-electron chi connectivity index (χ3n) is 5.40. The summed E-state index contributed by atoms with van der Waals surface area (Å²) in [7, 11) is 1.74. The number of nitrogens with zero attached hydrogens (tertiary/aromatic N) is 1. The first-order valence-electron chi connectivity index (χ1n) is 10.5. The van der Waals surface area contributed by atoms with Crippen molar-refractivity contribution >= 4 is 22.8 Å². The summed E-state index contributed by atoms with van der Waals surface area (Å²) in [6.07, 6.45) is 2.93. The Kier molecular flexibility index (Phi) is 6.11. The van der Waals surface area contributed by atoms with Gasteiger partial charge in [0.1, 0.15) is 11.3 Å². The van der Waals surface area contributed by atoms with Gasteiger partial charge in [-0.3, -0.25) is 9.59 Å². The second-order valence-corrected chi connectivity index (χ2v) is 7.60. The number of fused-ring (bicyclic) bond motifs is 2. The molecule has 0 spiro atoms. The molecule has 1 aliphatic rings. The molecule has 0 bridgehead atoms. The molecule has 0 saturated heterocycles. The van der Waals surface area contributed by atoms with Gasteiger partial charge in [-0.2, -0.15) is 0 Å². The Balaban J connectivity index is 1.40. The topological polar surface area (TPSA) is 81.0 Å². The van der Waals surface area contributed by atoms with E-state index < -0.39 is 0 Å². The van der Waals surface area contributed by atoms with Gasteiger partial charge in [-0.1, -0.05) is 31.5 Å². The Labute approximate surface area is 180 Å². The first-order chi connectivity index (χ1) is 15.1. The van der Waals surface area contributed by atoms with Gasteiger partial charge in [-0.05, 0) is 30.7 Å². The highest BCUT2D eigenvalue weighted by molar-refractivity contribution is 5.97. The number of hydrogen-bond donors (Lipinski definition) is 1. The number of nitrogens with one attached hydrogen (secondary N) is 1. The van der Waals surface area contributed by atoms with E-state index in [1.165, 1.54) is 0 Å². The summed E-state index contributed by atoms with van der Waals surface area (Å²) in [6, 6.07) is 12.8. The molecule has 0 saturated carbocycles. The molecule has 7 heteroatoms. The minimum Gasteiger partial charge on any atom is -0.461 e. The highest BCUT2D eigenvalue weighted by Gasteiger charge is 2.20. The van der Waals surface area contributed by atoms with Crippen LogP contribution in [0.1, 0.15) is 41.4 Å². The highest BCUT2D eigenvalue weighted by atomic mass is 16.7. The fourth-order valence-electron chi connectivity index (χ4n) is 3.62. The van der Waals surface area contributed by atoms with E-state index in [0.29, 0.717) is 23.6 Å². The third kappa shape index (κ3) is 4.50. The van der Waals surface area contributed by atoms with Gasteiger partial charge < -0.3 is 24.1 Å². The van der Waals surface area contributed by atoms with Crippen LogP contribution in [0.25, 0.3) is 11.0 Å². The molecule has 2 aromatic carbocycles. The Bertz CT molecular complexity index is 1100. The maximum absolute atomic E-state index is 12.7. The average Bonchev–Trinajstić information content (AvgIpc) is 3.39. The zero-order valence-electron chi connectivity index (χ0n) is 17.8. The first kappa shape index (κ1) is 20.8. The first-order valence-corrected chi connectivity index (χ1v) is 10.5. The molecule has 0 fully saturated rings. The van der Waals surface area contributed by atoms with E-state index in [2.05, 4.69) is 12.2 Å². The number of carbonyl (C=O) groups excluding carboxylic acids is 2. The monoisotopic (exact) mass is 422 g/mol. The van der Waals surface area contributed by atoms with E-state index >= 15 is 0 Å². The molecule has 4 rings (SSSR count). The number of ether oxygens (including phenoxy) is 2. The van der Waals surface area contributed by atoms with Crippen molar-refractivity contribution in [1.82, 2.24) is 10.2 Å². The van der Waals surface area contributed by atoms with Crippen LogP contribution in [-0.4, -0.2) is 37.1 Å². The number of aryl methyl sites for hydroxylation is 1. The van der Waals surface area contributed by atoms with E-state index in [0.717, 1.165) is 41.6 Å².